The molecule has 2 bridgehead atoms. The topological polar surface area (TPSA) is 58.4 Å². The van der Waals surface area contributed by atoms with Gasteiger partial charge in [0.1, 0.15) is 11.6 Å². The van der Waals surface area contributed by atoms with Crippen LogP contribution in [0.5, 0.6) is 0 Å². The Morgan fingerprint density at radius 1 is 1.39 bits per heavy atom. The molecule has 0 spiro atoms. The Morgan fingerprint density at radius 2 is 2.29 bits per heavy atom. The number of hydrogen-bond donors (Lipinski definition) is 1. The molecule has 144 valence electrons. The van der Waals surface area contributed by atoms with Crippen LogP contribution in [-0.4, -0.2) is 32.2 Å². The normalized spacial score (nSPS) is 33.9. The van der Waals surface area contributed by atoms with Crippen LogP contribution < -0.4 is 10.2 Å². The van der Waals surface area contributed by atoms with Crippen molar-refractivity contribution in [2.45, 2.75) is 44.5 Å². The van der Waals surface area contributed by atoms with Crippen LogP contribution in [-0.2, 0) is 6.37 Å². The van der Waals surface area contributed by atoms with Gasteiger partial charge in [-0.25, -0.2) is 13.9 Å². The second-order valence-electron chi connectivity index (χ2n) is 6.70. The minimum absolute atomic E-state index is 0.0323. The lowest BCUT2D eigenvalue weighted by molar-refractivity contribution is 0.575. The van der Waals surface area contributed by atoms with Gasteiger partial charge in [0, 0.05) is 38.4 Å². The van der Waals surface area contributed by atoms with Crippen molar-refractivity contribution in [1.29, 1.82) is 0 Å². The molecule has 1 saturated heterocycles. The molecule has 5 heterocycles. The molecular formula is C21H23FN6. The summed E-state index contributed by atoms with van der Waals surface area (Å²) < 4.78 is 77.8. The third-order valence-corrected chi connectivity index (χ3v) is 4.76. The van der Waals surface area contributed by atoms with E-state index in [1.165, 1.54) is 22.5 Å². The fourth-order valence-corrected chi connectivity index (χ4v) is 3.46. The maximum Gasteiger partial charge on any atom is 0.166 e. The third kappa shape index (κ3) is 2.82. The Hall–Kier alpha value is -2.96. The van der Waals surface area contributed by atoms with E-state index in [9.17, 15) is 5.76 Å². The number of pyridine rings is 1. The van der Waals surface area contributed by atoms with E-state index in [4.69, 9.17) is 8.22 Å². The van der Waals surface area contributed by atoms with E-state index in [0.717, 1.165) is 12.3 Å². The zero-order valence-electron chi connectivity index (χ0n) is 22.2. The standard InChI is InChI=1S/C21H23FN6/c1-13-5-6-18-16(10-15(22)11-23-18)19-4-3-8-27(19)20-7-9-28-21(26-20)17(12-24-28)14(2)25-13/h7,9-13,19,25H,2-6,8H2,1H3/t13-,19-/m1/s1/i4D2,5D2,6D2,19D. The molecule has 0 aliphatic carbocycles. The van der Waals surface area contributed by atoms with Gasteiger partial charge in [-0.1, -0.05) is 6.58 Å². The van der Waals surface area contributed by atoms with Crippen LogP contribution in [0.4, 0.5) is 10.2 Å². The van der Waals surface area contributed by atoms with E-state index >= 15 is 0 Å². The molecule has 28 heavy (non-hydrogen) atoms. The van der Waals surface area contributed by atoms with Gasteiger partial charge in [0.2, 0.25) is 0 Å². The maximum atomic E-state index is 14.5. The van der Waals surface area contributed by atoms with E-state index in [2.05, 4.69) is 27.0 Å². The molecule has 0 amide bonds. The number of anilines is 1. The highest BCUT2D eigenvalue weighted by Crippen LogP contribution is 2.37. The maximum absolute atomic E-state index is 14.5. The molecule has 3 aromatic rings. The van der Waals surface area contributed by atoms with Crippen molar-refractivity contribution in [1.82, 2.24) is 24.9 Å². The summed E-state index contributed by atoms with van der Waals surface area (Å²) in [5.74, 6) is -0.686. The van der Waals surface area contributed by atoms with Crippen molar-refractivity contribution < 1.29 is 14.0 Å². The Kier molecular flexibility index (Phi) is 2.62. The fraction of sp³-hybridized carbons (Fsp3) is 0.381. The van der Waals surface area contributed by atoms with Crippen LogP contribution >= 0.6 is 0 Å². The molecule has 5 rings (SSSR count). The van der Waals surface area contributed by atoms with Crippen LogP contribution in [0.3, 0.4) is 0 Å². The highest BCUT2D eigenvalue weighted by Gasteiger charge is 2.30. The van der Waals surface area contributed by atoms with Gasteiger partial charge in [-0.3, -0.25) is 4.98 Å². The fourth-order valence-electron chi connectivity index (χ4n) is 3.46. The van der Waals surface area contributed by atoms with E-state index < -0.39 is 48.3 Å². The first kappa shape index (κ1) is 11.1. The second kappa shape index (κ2) is 6.58. The Morgan fingerprint density at radius 3 is 3.18 bits per heavy atom. The summed E-state index contributed by atoms with van der Waals surface area (Å²) in [7, 11) is 0. The minimum atomic E-state index is -2.85. The van der Waals surface area contributed by atoms with Crippen molar-refractivity contribution in [3.8, 4) is 0 Å². The molecule has 2 atom stereocenters. The zero-order valence-corrected chi connectivity index (χ0v) is 15.2. The summed E-state index contributed by atoms with van der Waals surface area (Å²) in [6.45, 7) is 5.44. The molecule has 2 aliphatic rings. The van der Waals surface area contributed by atoms with Crippen LogP contribution in [0, 0.1) is 5.82 Å². The van der Waals surface area contributed by atoms with Crippen molar-refractivity contribution in [2.24, 2.45) is 0 Å². The van der Waals surface area contributed by atoms with Gasteiger partial charge in [-0.2, -0.15) is 5.10 Å². The summed E-state index contributed by atoms with van der Waals surface area (Å²) in [6, 6.07) is -1.10. The van der Waals surface area contributed by atoms with Crippen LogP contribution in [0.15, 0.2) is 37.3 Å². The molecular weight excluding hydrogens is 355 g/mol. The van der Waals surface area contributed by atoms with Gasteiger partial charge in [-0.15, -0.1) is 0 Å². The van der Waals surface area contributed by atoms with Crippen molar-refractivity contribution >= 4 is 17.2 Å². The molecule has 1 N–H and O–H groups in total. The zero-order chi connectivity index (χ0) is 25.6. The number of hydrogen-bond acceptors (Lipinski definition) is 5. The number of nitrogens with zero attached hydrogens (tertiary/aromatic N) is 5. The van der Waals surface area contributed by atoms with Crippen LogP contribution in [0.2, 0.25) is 0 Å². The predicted molar refractivity (Wildman–Crippen MR) is 106 cm³/mol. The predicted octanol–water partition coefficient (Wildman–Crippen LogP) is 3.50. The first-order valence-electron chi connectivity index (χ1n) is 12.5. The molecule has 3 aromatic heterocycles. The highest BCUT2D eigenvalue weighted by atomic mass is 19.1. The molecule has 0 saturated carbocycles. The van der Waals surface area contributed by atoms with Crippen molar-refractivity contribution in [3.05, 3.63) is 59.9 Å². The Bertz CT molecular complexity index is 1360. The third-order valence-electron chi connectivity index (χ3n) is 4.76. The van der Waals surface area contributed by atoms with E-state index in [-0.39, 0.29) is 24.5 Å². The molecule has 1 fully saturated rings. The molecule has 7 heteroatoms. The van der Waals surface area contributed by atoms with E-state index in [0.29, 0.717) is 11.2 Å². The minimum Gasteiger partial charge on any atom is -0.382 e. The Balaban J connectivity index is 1.89. The number of aromatic nitrogens is 4. The summed E-state index contributed by atoms with van der Waals surface area (Å²) in [5.41, 5.74) is 0.0975. The van der Waals surface area contributed by atoms with Gasteiger partial charge in [-0.05, 0) is 50.2 Å². The van der Waals surface area contributed by atoms with Gasteiger partial charge in [0.15, 0.2) is 5.65 Å². The molecule has 0 radical (unpaired) electrons. The van der Waals surface area contributed by atoms with Crippen LogP contribution in [0.1, 0.15) is 58.5 Å². The lowest BCUT2D eigenvalue weighted by atomic mass is 9.98. The van der Waals surface area contributed by atoms with Gasteiger partial charge in [0.05, 0.1) is 25.3 Å². The highest BCUT2D eigenvalue weighted by molar-refractivity contribution is 5.74. The molecule has 2 aliphatic heterocycles. The van der Waals surface area contributed by atoms with E-state index in [1.54, 1.807) is 12.3 Å². The Labute approximate surface area is 172 Å². The first-order chi connectivity index (χ1) is 16.2. The summed E-state index contributed by atoms with van der Waals surface area (Å²) in [4.78, 5) is 9.86. The smallest absolute Gasteiger partial charge is 0.166 e. The number of halogens is 1. The van der Waals surface area contributed by atoms with Gasteiger partial charge >= 0.3 is 0 Å². The summed E-state index contributed by atoms with van der Waals surface area (Å²) in [6.07, 6.45) is -4.06. The summed E-state index contributed by atoms with van der Waals surface area (Å²) in [5, 5.41) is 7.14. The average Bonchev–Trinajstić information content (AvgIpc) is 3.31. The molecule has 6 nitrogen and oxygen atoms in total. The number of nitrogens with one attached hydrogen (secondary N) is 1. The lowest BCUT2D eigenvalue weighted by Gasteiger charge is -2.27. The lowest BCUT2D eigenvalue weighted by Crippen LogP contribution is -2.26. The second-order valence-corrected chi connectivity index (χ2v) is 6.70. The number of fused-ring (bicyclic) bond motifs is 5. The van der Waals surface area contributed by atoms with Crippen molar-refractivity contribution in [2.75, 3.05) is 11.4 Å². The molecule has 0 aromatic carbocycles. The monoisotopic (exact) mass is 385 g/mol. The quantitative estimate of drug-likeness (QED) is 0.642. The largest absolute Gasteiger partial charge is 0.382 e. The molecule has 0 unspecified atom stereocenters. The number of rotatable bonds is 0. The van der Waals surface area contributed by atoms with E-state index in [1.807, 2.05) is 0 Å². The van der Waals surface area contributed by atoms with Crippen LogP contribution in [0.25, 0.3) is 11.3 Å². The first-order valence-corrected chi connectivity index (χ1v) is 8.96. The average molecular weight is 385 g/mol. The van der Waals surface area contributed by atoms with Gasteiger partial charge in [0.25, 0.3) is 0 Å². The summed E-state index contributed by atoms with van der Waals surface area (Å²) >= 11 is 0. The number of aryl methyl sites for hydroxylation is 1. The van der Waals surface area contributed by atoms with Crippen molar-refractivity contribution in [3.63, 3.8) is 0 Å². The SMILES string of the molecule is [2H]C1([2H])c2ncc(F)cc2[C@]2([2H])N(CCC2([2H])[2H])c2ccn3ncc(c3n2)C(=C)N[C@H](C)C1([2H])[2H]. The van der Waals surface area contributed by atoms with Gasteiger partial charge < -0.3 is 10.2 Å².